The van der Waals surface area contributed by atoms with Gasteiger partial charge in [0.05, 0.1) is 18.4 Å². The Kier molecular flexibility index (Phi) is 7.23. The zero-order valence-corrected chi connectivity index (χ0v) is 25.1. The maximum absolute atomic E-state index is 14.0. The molecule has 1 aliphatic carbocycles. The van der Waals surface area contributed by atoms with Crippen molar-refractivity contribution in [3.63, 3.8) is 0 Å². The van der Waals surface area contributed by atoms with Crippen LogP contribution in [0.3, 0.4) is 0 Å². The van der Waals surface area contributed by atoms with Crippen LogP contribution in [0.25, 0.3) is 21.9 Å². The van der Waals surface area contributed by atoms with Gasteiger partial charge in [0.15, 0.2) is 5.76 Å². The molecule has 1 aliphatic heterocycles. The van der Waals surface area contributed by atoms with E-state index in [0.29, 0.717) is 45.0 Å². The van der Waals surface area contributed by atoms with Gasteiger partial charge in [-0.05, 0) is 42.5 Å². The summed E-state index contributed by atoms with van der Waals surface area (Å²) in [5.41, 5.74) is 4.16. The van der Waals surface area contributed by atoms with E-state index in [-0.39, 0.29) is 42.6 Å². The van der Waals surface area contributed by atoms with Crippen LogP contribution in [-0.2, 0) is 16.2 Å². The van der Waals surface area contributed by atoms with Crippen LogP contribution in [-0.4, -0.2) is 64.0 Å². The first kappa shape index (κ1) is 28.9. The number of aliphatic hydroxyl groups is 1. The highest BCUT2D eigenvalue weighted by atomic mass is 35.5. The molecule has 1 fully saturated rings. The number of furan rings is 1. The van der Waals surface area contributed by atoms with Crippen molar-refractivity contribution in [2.24, 2.45) is 5.92 Å². The number of ether oxygens (including phenoxy) is 2. The Labute approximate surface area is 261 Å². The number of carbonyl (C=O) groups is 3. The number of anilines is 1. The fraction of sp³-hybridized carbons (Fsp3) is 0.242. The normalized spacial score (nSPS) is 19.0. The second kappa shape index (κ2) is 11.3. The third kappa shape index (κ3) is 4.80. The number of nitrogens with zero attached hydrogens (tertiary/aromatic N) is 2. The minimum Gasteiger partial charge on any atom is -0.465 e. The lowest BCUT2D eigenvalue weighted by molar-refractivity contribution is 0.0598. The number of hydrogen-bond donors (Lipinski definition) is 3. The van der Waals surface area contributed by atoms with Crippen molar-refractivity contribution < 1.29 is 33.4 Å². The van der Waals surface area contributed by atoms with Gasteiger partial charge >= 0.3 is 5.97 Å². The number of para-hydroxylation sites is 1. The Morgan fingerprint density at radius 3 is 2.69 bits per heavy atom. The van der Waals surface area contributed by atoms with Crippen LogP contribution < -0.4 is 5.32 Å². The van der Waals surface area contributed by atoms with Crippen molar-refractivity contribution in [1.29, 1.82) is 0 Å². The Morgan fingerprint density at radius 2 is 1.93 bits per heavy atom. The largest absolute Gasteiger partial charge is 0.465 e. The molecular formula is C33H29ClN4O7. The first-order valence-electron chi connectivity index (χ1n) is 14.3. The summed E-state index contributed by atoms with van der Waals surface area (Å²) in [6.45, 7) is 0.408. The Hall–Kier alpha value is -4.84. The topological polar surface area (TPSA) is 139 Å². The van der Waals surface area contributed by atoms with Crippen LogP contribution in [0.2, 0.25) is 0 Å². The molecule has 0 spiro atoms. The van der Waals surface area contributed by atoms with Gasteiger partial charge in [-0.15, -0.1) is 11.6 Å². The molecule has 0 saturated carbocycles. The highest BCUT2D eigenvalue weighted by molar-refractivity contribution is 6.18. The van der Waals surface area contributed by atoms with Gasteiger partial charge in [-0.25, -0.2) is 4.79 Å². The van der Waals surface area contributed by atoms with Gasteiger partial charge in [0, 0.05) is 70.8 Å². The van der Waals surface area contributed by atoms with Crippen molar-refractivity contribution >= 4 is 56.9 Å². The predicted octanol–water partition coefficient (Wildman–Crippen LogP) is 5.38. The van der Waals surface area contributed by atoms with Gasteiger partial charge in [0.25, 0.3) is 11.8 Å². The van der Waals surface area contributed by atoms with Gasteiger partial charge < -0.3 is 38.8 Å². The second-order valence-electron chi connectivity index (χ2n) is 11.2. The van der Waals surface area contributed by atoms with E-state index in [1.807, 2.05) is 18.2 Å². The fourth-order valence-corrected chi connectivity index (χ4v) is 6.81. The SMILES string of the molecule is COCn1cc(C(=O)OC)c2c1C(O)C=C1C2C(CCl)CN1C(=O)c1cc2cc(NC(=O)c3cc4ccccc4o3)ccc2[nH]1. The Morgan fingerprint density at radius 1 is 1.11 bits per heavy atom. The monoisotopic (exact) mass is 628 g/mol. The lowest BCUT2D eigenvalue weighted by Crippen LogP contribution is -2.29. The number of halogens is 1. The minimum atomic E-state index is -1.09. The molecular weight excluding hydrogens is 600 g/mol. The number of amides is 2. The number of esters is 1. The second-order valence-corrected chi connectivity index (χ2v) is 11.5. The lowest BCUT2D eigenvalue weighted by Gasteiger charge is -2.29. The molecule has 3 unspecified atom stereocenters. The maximum atomic E-state index is 14.0. The van der Waals surface area contributed by atoms with Crippen LogP contribution in [0, 0.1) is 5.92 Å². The third-order valence-corrected chi connectivity index (χ3v) is 8.87. The average molecular weight is 629 g/mol. The van der Waals surface area contributed by atoms with Crippen molar-refractivity contribution in [3.05, 3.63) is 101 Å². The van der Waals surface area contributed by atoms with E-state index in [4.69, 9.17) is 25.5 Å². The average Bonchev–Trinajstić information content (AvgIpc) is 3.82. The maximum Gasteiger partial charge on any atom is 0.339 e. The van der Waals surface area contributed by atoms with Crippen LogP contribution in [0.15, 0.2) is 77.0 Å². The third-order valence-electron chi connectivity index (χ3n) is 8.47. The van der Waals surface area contributed by atoms with E-state index in [1.54, 1.807) is 58.1 Å². The van der Waals surface area contributed by atoms with Gasteiger partial charge in [0.1, 0.15) is 24.1 Å². The molecule has 0 bridgehead atoms. The van der Waals surface area contributed by atoms with E-state index in [2.05, 4.69) is 10.3 Å². The molecule has 2 amide bonds. The lowest BCUT2D eigenvalue weighted by atomic mass is 9.81. The fourth-order valence-electron chi connectivity index (χ4n) is 6.53. The molecule has 7 rings (SSSR count). The van der Waals surface area contributed by atoms with Crippen molar-refractivity contribution in [2.45, 2.75) is 18.8 Å². The summed E-state index contributed by atoms with van der Waals surface area (Å²) in [4.78, 5) is 44.5. The predicted molar refractivity (Wildman–Crippen MR) is 166 cm³/mol. The highest BCUT2D eigenvalue weighted by Gasteiger charge is 2.47. The van der Waals surface area contributed by atoms with Gasteiger partial charge in [-0.2, -0.15) is 0 Å². The number of hydrogen-bond acceptors (Lipinski definition) is 7. The number of aliphatic hydroxyl groups excluding tert-OH is 1. The quantitative estimate of drug-likeness (QED) is 0.162. The van der Waals surface area contributed by atoms with Crippen LogP contribution in [0.5, 0.6) is 0 Å². The number of aromatic nitrogens is 2. The zero-order chi connectivity index (χ0) is 31.4. The summed E-state index contributed by atoms with van der Waals surface area (Å²) < 4.78 is 17.7. The number of allylic oxidation sites excluding steroid dienone is 1. The number of aromatic amines is 1. The summed E-state index contributed by atoms with van der Waals surface area (Å²) in [7, 11) is 2.82. The molecule has 3 atom stereocenters. The number of rotatable bonds is 7. The number of likely N-dealkylation sites (tertiary alicyclic amines) is 1. The molecule has 3 N–H and O–H groups in total. The summed E-state index contributed by atoms with van der Waals surface area (Å²) >= 11 is 6.45. The van der Waals surface area contributed by atoms with Crippen LogP contribution in [0.4, 0.5) is 5.69 Å². The molecule has 230 valence electrons. The number of benzene rings is 2. The van der Waals surface area contributed by atoms with Crippen molar-refractivity contribution in [1.82, 2.24) is 14.5 Å². The van der Waals surface area contributed by atoms with Gasteiger partial charge in [-0.3, -0.25) is 9.59 Å². The number of carbonyl (C=O) groups excluding carboxylic acids is 3. The number of H-pyrrole nitrogens is 1. The smallest absolute Gasteiger partial charge is 0.339 e. The Balaban J connectivity index is 1.18. The molecule has 0 radical (unpaired) electrons. The van der Waals surface area contributed by atoms with E-state index < -0.39 is 18.0 Å². The van der Waals surface area contributed by atoms with Crippen molar-refractivity contribution in [2.75, 3.05) is 32.0 Å². The highest BCUT2D eigenvalue weighted by Crippen LogP contribution is 2.50. The molecule has 4 heterocycles. The number of fused-ring (bicyclic) bond motifs is 5. The molecule has 11 nitrogen and oxygen atoms in total. The minimum absolute atomic E-state index is 0.121. The first-order valence-corrected chi connectivity index (χ1v) is 14.8. The molecule has 2 aromatic carbocycles. The van der Waals surface area contributed by atoms with E-state index >= 15 is 0 Å². The molecule has 2 aliphatic rings. The number of nitrogens with one attached hydrogen (secondary N) is 2. The molecule has 45 heavy (non-hydrogen) atoms. The van der Waals surface area contributed by atoms with Crippen LogP contribution >= 0.6 is 11.6 Å². The summed E-state index contributed by atoms with van der Waals surface area (Å²) in [6.07, 6.45) is 2.15. The van der Waals surface area contributed by atoms with Crippen LogP contribution in [0.1, 0.15) is 54.7 Å². The standard InChI is InChI=1S/C33H29ClN4O7/c1-43-16-37-15-21(33(42)44-2)29-28-19(13-34)14-38(24(28)12-25(39)30(29)37)32(41)23-10-18-9-20(7-8-22(18)36-23)35-31(40)27-11-17-5-3-4-6-26(17)45-27/h3-12,15,19,25,28,36,39H,13-14,16H2,1-2H3,(H,35,40). The molecule has 3 aromatic heterocycles. The summed E-state index contributed by atoms with van der Waals surface area (Å²) in [5.74, 6) is -1.47. The Bertz CT molecular complexity index is 1990. The zero-order valence-electron chi connectivity index (χ0n) is 24.4. The summed E-state index contributed by atoms with van der Waals surface area (Å²) in [5, 5.41) is 15.6. The first-order chi connectivity index (χ1) is 21.8. The summed E-state index contributed by atoms with van der Waals surface area (Å²) in [6, 6.07) is 16.1. The molecule has 12 heteroatoms. The van der Waals surface area contributed by atoms with Gasteiger partial charge in [-0.1, -0.05) is 18.2 Å². The number of alkyl halides is 1. The molecule has 1 saturated heterocycles. The van der Waals surface area contributed by atoms with E-state index in [1.165, 1.54) is 14.2 Å². The van der Waals surface area contributed by atoms with E-state index in [0.717, 1.165) is 10.8 Å². The van der Waals surface area contributed by atoms with Crippen molar-refractivity contribution in [3.8, 4) is 0 Å². The van der Waals surface area contributed by atoms with E-state index in [9.17, 15) is 19.5 Å². The van der Waals surface area contributed by atoms with Gasteiger partial charge in [0.2, 0.25) is 0 Å². The molecule has 5 aromatic rings. The number of methoxy groups -OCH3 is 2.